The van der Waals surface area contributed by atoms with Gasteiger partial charge in [0, 0.05) is 44.6 Å². The van der Waals surface area contributed by atoms with Gasteiger partial charge in [-0.05, 0) is 101 Å². The maximum Gasteiger partial charge on any atom is 0.509 e. The highest BCUT2D eigenvalue weighted by molar-refractivity contribution is 5.73. The van der Waals surface area contributed by atoms with E-state index in [4.69, 9.17) is 42.6 Å². The van der Waals surface area contributed by atoms with E-state index in [1.807, 2.05) is 79.4 Å². The van der Waals surface area contributed by atoms with Crippen LogP contribution in [0.15, 0.2) is 0 Å². The third kappa shape index (κ3) is 11.9. The number of hydrogen-bond donors (Lipinski definition) is 3. The Bertz CT molecular complexity index is 1460. The summed E-state index contributed by atoms with van der Waals surface area (Å²) in [4.78, 5) is 44.3. The van der Waals surface area contributed by atoms with E-state index in [1.54, 1.807) is 27.7 Å². The highest BCUT2D eigenvalue weighted by atomic mass is 16.8. The van der Waals surface area contributed by atoms with Gasteiger partial charge in [-0.25, -0.2) is 9.59 Å². The number of hydrogen-bond acceptors (Lipinski definition) is 16. The molecule has 1 amide bonds. The zero-order chi connectivity index (χ0) is 45.8. The molecule has 0 radical (unpaired) electrons. The summed E-state index contributed by atoms with van der Waals surface area (Å²) < 4.78 is 56.3. The Morgan fingerprint density at radius 3 is 2.26 bits per heavy atom. The molecule has 4 saturated heterocycles. The lowest BCUT2D eigenvalue weighted by atomic mass is 9.77. The van der Waals surface area contributed by atoms with Crippen molar-refractivity contribution in [2.45, 2.75) is 205 Å². The van der Waals surface area contributed by atoms with Crippen LogP contribution in [0.3, 0.4) is 0 Å². The molecule has 61 heavy (non-hydrogen) atoms. The molecular formula is C44H79N3O14. The van der Waals surface area contributed by atoms with Gasteiger partial charge in [-0.3, -0.25) is 9.69 Å². The lowest BCUT2D eigenvalue weighted by Crippen LogP contribution is -2.61. The molecule has 0 aromatic heterocycles. The normalized spacial score (nSPS) is 44.5. The third-order valence-corrected chi connectivity index (χ3v) is 13.7. The molecule has 0 aliphatic carbocycles. The number of rotatable bonds is 11. The summed E-state index contributed by atoms with van der Waals surface area (Å²) in [5.74, 6) is -2.59. The van der Waals surface area contributed by atoms with E-state index in [0.29, 0.717) is 25.9 Å². The van der Waals surface area contributed by atoms with Gasteiger partial charge in [-0.1, -0.05) is 34.1 Å². The second-order valence-corrected chi connectivity index (χ2v) is 19.2. The van der Waals surface area contributed by atoms with Crippen LogP contribution in [-0.2, 0) is 47.4 Å². The maximum absolute atomic E-state index is 14.6. The molecule has 17 heteroatoms. The number of nitrogens with zero attached hydrogens (tertiary/aromatic N) is 2. The minimum atomic E-state index is -1.58. The number of carbonyl (C=O) groups is 3. The fraction of sp³-hybridized carbons (Fsp3) is 0.932. The molecule has 0 unspecified atom stereocenters. The van der Waals surface area contributed by atoms with Crippen LogP contribution in [0.4, 0.5) is 9.59 Å². The lowest BCUT2D eigenvalue weighted by Gasteiger charge is -2.49. The van der Waals surface area contributed by atoms with Gasteiger partial charge in [0.15, 0.2) is 30.4 Å². The van der Waals surface area contributed by atoms with E-state index in [1.165, 1.54) is 7.11 Å². The van der Waals surface area contributed by atoms with Crippen LogP contribution >= 0.6 is 0 Å². The van der Waals surface area contributed by atoms with E-state index in [9.17, 15) is 24.6 Å². The Morgan fingerprint density at radius 2 is 1.66 bits per heavy atom. The second kappa shape index (κ2) is 21.1. The number of esters is 1. The van der Waals surface area contributed by atoms with Crippen molar-refractivity contribution in [2.24, 2.45) is 17.8 Å². The number of amides is 1. The molecule has 3 N–H and O–H groups in total. The fourth-order valence-electron chi connectivity index (χ4n) is 10.1. The monoisotopic (exact) mass is 874 g/mol. The molecule has 4 aliphatic rings. The molecule has 354 valence electrons. The summed E-state index contributed by atoms with van der Waals surface area (Å²) in [6.07, 6.45) is -7.29. The number of unbranched alkanes of at least 4 members (excludes halogenated alkanes) is 1. The van der Waals surface area contributed by atoms with Crippen LogP contribution in [0.1, 0.15) is 115 Å². The van der Waals surface area contributed by atoms with E-state index in [2.05, 4.69) is 5.32 Å². The standard InChI is InChI=1S/C44H79N3O14/c1-16-18-19-45-40(50)59-37-29(8)55-32(22-43(37,10)53-15)57-34-26(5)35(58-39-33(48)30(46(12)13)20-25(4)54-39)42(9,52)21-24(3)23-47(14)28(7)36-44(11,61-41(51)60-36)31(17-2)56-38(49)27(34)6/h24-37,39,48,52H,16-23H2,1-15H3,(H,45,50)/t24-,25-,26+,27-,28-,29+,30+,31-,32+,33-,34+,35-,36-,37+,39+,42-,43-,44-/m1/s1. The Hall–Kier alpha value is -2.35. The lowest BCUT2D eigenvalue weighted by molar-refractivity contribution is -0.317. The molecule has 0 aromatic carbocycles. The Labute approximate surface area is 364 Å². The molecule has 4 heterocycles. The first-order valence-electron chi connectivity index (χ1n) is 22.4. The number of nitrogens with one attached hydrogen (secondary N) is 1. The average molecular weight is 874 g/mol. The number of alkyl carbamates (subject to hydrolysis) is 1. The first-order valence-corrected chi connectivity index (χ1v) is 22.4. The number of methoxy groups -OCH3 is 1. The topological polar surface area (TPSA) is 193 Å². The van der Waals surface area contributed by atoms with Crippen LogP contribution in [0.25, 0.3) is 0 Å². The summed E-state index contributed by atoms with van der Waals surface area (Å²) in [6, 6.07) is -0.658. The van der Waals surface area contributed by atoms with Gasteiger partial charge in [0.1, 0.15) is 17.8 Å². The first kappa shape index (κ1) is 51.3. The van der Waals surface area contributed by atoms with Crippen molar-refractivity contribution in [2.75, 3.05) is 41.3 Å². The Balaban J connectivity index is 1.80. The fourth-order valence-corrected chi connectivity index (χ4v) is 10.1. The maximum atomic E-state index is 14.6. The molecule has 0 saturated carbocycles. The van der Waals surface area contributed by atoms with Crippen LogP contribution < -0.4 is 5.32 Å². The largest absolute Gasteiger partial charge is 0.509 e. The van der Waals surface area contributed by atoms with Crippen molar-refractivity contribution in [1.29, 1.82) is 0 Å². The second-order valence-electron chi connectivity index (χ2n) is 19.2. The molecule has 17 nitrogen and oxygen atoms in total. The first-order chi connectivity index (χ1) is 28.4. The SMILES string of the molecule is CCCCNC(=O)O[C@H]1[C@H](C)O[C@@H](O[C@H]2[C@H](C)[C@@H](O[C@@H]3O[C@H](C)C[C@H](N(C)C)[C@H]3O)[C@](C)(O)C[C@@H](C)CN(C)[C@H](C)[C@H]3OC(=O)O[C@]3(C)[C@@H](CC)OC(=O)[C@@H]2C)C[C@@]1(C)OC. The van der Waals surface area contributed by atoms with Gasteiger partial charge in [0.05, 0.1) is 35.9 Å². The predicted octanol–water partition coefficient (Wildman–Crippen LogP) is 4.62. The minimum Gasteiger partial charge on any atom is -0.458 e. The van der Waals surface area contributed by atoms with Crippen LogP contribution in [0.2, 0.25) is 0 Å². The summed E-state index contributed by atoms with van der Waals surface area (Å²) in [5.41, 5.74) is -3.98. The van der Waals surface area contributed by atoms with Crippen molar-refractivity contribution < 1.29 is 67.2 Å². The van der Waals surface area contributed by atoms with Gasteiger partial charge < -0.3 is 63.1 Å². The number of fused-ring (bicyclic) bond motifs is 1. The van der Waals surface area contributed by atoms with Crippen molar-refractivity contribution in [3.8, 4) is 0 Å². The van der Waals surface area contributed by atoms with Crippen LogP contribution in [0, 0.1) is 17.8 Å². The summed E-state index contributed by atoms with van der Waals surface area (Å²) in [6.45, 7) is 21.2. The van der Waals surface area contributed by atoms with Crippen molar-refractivity contribution in [3.05, 3.63) is 0 Å². The number of cyclic esters (lactones) is 1. The van der Waals surface area contributed by atoms with E-state index in [0.717, 1.165) is 12.8 Å². The summed E-state index contributed by atoms with van der Waals surface area (Å²) >= 11 is 0. The van der Waals surface area contributed by atoms with E-state index in [-0.39, 0.29) is 36.9 Å². The molecule has 4 rings (SSSR count). The van der Waals surface area contributed by atoms with Crippen molar-refractivity contribution in [3.63, 3.8) is 0 Å². The van der Waals surface area contributed by atoms with Gasteiger partial charge in [0.25, 0.3) is 0 Å². The van der Waals surface area contributed by atoms with Gasteiger partial charge in [-0.15, -0.1) is 0 Å². The molecule has 0 aromatic rings. The Kier molecular flexibility index (Phi) is 17.7. The van der Waals surface area contributed by atoms with E-state index >= 15 is 0 Å². The van der Waals surface area contributed by atoms with E-state index < -0.39 is 102 Å². The quantitative estimate of drug-likeness (QED) is 0.148. The summed E-state index contributed by atoms with van der Waals surface area (Å²) in [7, 11) is 7.22. The molecule has 4 aliphatic heterocycles. The molecule has 4 fully saturated rings. The van der Waals surface area contributed by atoms with Crippen LogP contribution in [-0.4, -0.2) is 170 Å². The number of ether oxygens (including phenoxy) is 9. The van der Waals surface area contributed by atoms with Gasteiger partial charge in [-0.2, -0.15) is 0 Å². The van der Waals surface area contributed by atoms with Gasteiger partial charge >= 0.3 is 18.2 Å². The molecule has 0 spiro atoms. The summed E-state index contributed by atoms with van der Waals surface area (Å²) in [5, 5.41) is 27.2. The average Bonchev–Trinajstić information content (AvgIpc) is 3.49. The van der Waals surface area contributed by atoms with Gasteiger partial charge in [0.2, 0.25) is 0 Å². The number of aliphatic hydroxyl groups is 2. The third-order valence-electron chi connectivity index (χ3n) is 13.7. The number of likely N-dealkylation sites (N-methyl/N-ethyl adjacent to an activating group) is 2. The molecule has 18 atom stereocenters. The number of carbonyl (C=O) groups excluding carboxylic acids is 3. The molecular weight excluding hydrogens is 794 g/mol. The zero-order valence-corrected chi connectivity index (χ0v) is 39.5. The van der Waals surface area contributed by atoms with Crippen molar-refractivity contribution >= 4 is 18.2 Å². The highest BCUT2D eigenvalue weighted by Gasteiger charge is 2.58. The number of aliphatic hydroxyl groups excluding tert-OH is 1. The Morgan fingerprint density at radius 1 is 0.984 bits per heavy atom. The zero-order valence-electron chi connectivity index (χ0n) is 39.5. The van der Waals surface area contributed by atoms with Crippen molar-refractivity contribution in [1.82, 2.24) is 15.1 Å². The predicted molar refractivity (Wildman–Crippen MR) is 224 cm³/mol. The smallest absolute Gasteiger partial charge is 0.458 e. The van der Waals surface area contributed by atoms with Crippen LogP contribution in [0.5, 0.6) is 0 Å². The highest BCUT2D eigenvalue weighted by Crippen LogP contribution is 2.42. The molecule has 0 bridgehead atoms. The minimum absolute atomic E-state index is 0.103.